The zero-order chi connectivity index (χ0) is 21.0. The van der Waals surface area contributed by atoms with Gasteiger partial charge in [0.25, 0.3) is 5.91 Å². The minimum absolute atomic E-state index is 0.0373. The lowest BCUT2D eigenvalue weighted by atomic mass is 9.53. The van der Waals surface area contributed by atoms with Crippen molar-refractivity contribution >= 4 is 23.9 Å². The molecule has 30 heavy (non-hydrogen) atoms. The fourth-order valence-electron chi connectivity index (χ4n) is 5.90. The van der Waals surface area contributed by atoms with Crippen molar-refractivity contribution in [3.05, 3.63) is 42.0 Å². The van der Waals surface area contributed by atoms with Crippen molar-refractivity contribution in [1.29, 1.82) is 0 Å². The van der Waals surface area contributed by atoms with Gasteiger partial charge in [-0.1, -0.05) is 30.3 Å². The third kappa shape index (κ3) is 5.29. The average molecular weight is 411 g/mol. The van der Waals surface area contributed by atoms with Gasteiger partial charge in [0, 0.05) is 18.2 Å². The lowest BCUT2D eigenvalue weighted by Crippen LogP contribution is -2.60. The van der Waals surface area contributed by atoms with E-state index in [1.165, 1.54) is 25.3 Å². The highest BCUT2D eigenvalue weighted by atomic mass is 16.5. The summed E-state index contributed by atoms with van der Waals surface area (Å²) in [6, 6.07) is 9.50. The van der Waals surface area contributed by atoms with Crippen LogP contribution >= 0.6 is 0 Å². The summed E-state index contributed by atoms with van der Waals surface area (Å²) >= 11 is 0. The Morgan fingerprint density at radius 2 is 1.63 bits per heavy atom. The van der Waals surface area contributed by atoms with E-state index in [0.29, 0.717) is 0 Å². The van der Waals surface area contributed by atoms with Crippen LogP contribution in [-0.2, 0) is 19.1 Å². The molecule has 2 N–H and O–H groups in total. The first kappa shape index (κ1) is 20.6. The Balaban J connectivity index is 1.13. The van der Waals surface area contributed by atoms with E-state index in [1.54, 1.807) is 6.08 Å². The molecule has 4 fully saturated rings. The Morgan fingerprint density at radius 3 is 2.27 bits per heavy atom. The smallest absolute Gasteiger partial charge is 0.308 e. The molecule has 0 aliphatic heterocycles. The van der Waals surface area contributed by atoms with Crippen molar-refractivity contribution in [3.63, 3.8) is 0 Å². The van der Waals surface area contributed by atoms with E-state index < -0.39 is 5.97 Å². The van der Waals surface area contributed by atoms with Crippen LogP contribution in [0.3, 0.4) is 0 Å². The van der Waals surface area contributed by atoms with Gasteiger partial charge in [0.1, 0.15) is 0 Å². The van der Waals surface area contributed by atoms with Gasteiger partial charge in [0.2, 0.25) is 5.91 Å². The number of ether oxygens (including phenoxy) is 1. The summed E-state index contributed by atoms with van der Waals surface area (Å²) in [5.41, 5.74) is 0.856. The molecule has 1 aromatic rings. The predicted molar refractivity (Wildman–Crippen MR) is 113 cm³/mol. The van der Waals surface area contributed by atoms with E-state index in [0.717, 1.165) is 42.6 Å². The maximum absolute atomic E-state index is 12.4. The van der Waals surface area contributed by atoms with Crippen molar-refractivity contribution in [2.24, 2.45) is 17.8 Å². The Bertz CT molecular complexity index is 782. The molecule has 0 aromatic heterocycles. The topological polar surface area (TPSA) is 84.5 Å². The van der Waals surface area contributed by atoms with Crippen LogP contribution < -0.4 is 10.6 Å². The first-order valence-electron chi connectivity index (χ1n) is 11.0. The molecule has 0 radical (unpaired) electrons. The molecule has 6 heteroatoms. The SMILES string of the molecule is O=C(/C=C/c1ccccc1)NCCC(=O)OCC(=O)NC12CC3CC(CC(C3)C1)C2. The molecule has 1 aromatic carbocycles. The summed E-state index contributed by atoms with van der Waals surface area (Å²) in [6.07, 6.45) is 10.3. The maximum Gasteiger partial charge on any atom is 0.308 e. The molecule has 5 rings (SSSR count). The standard InChI is InChI=1S/C24H30N2O4/c27-21(7-6-17-4-2-1-3-5-17)25-9-8-23(29)30-16-22(28)26-24-13-18-10-19(14-24)12-20(11-18)15-24/h1-7,18-20H,8-16H2,(H,25,27)(H,26,28)/b7-6+. The molecule has 2 amide bonds. The molecular weight excluding hydrogens is 380 g/mol. The Kier molecular flexibility index (Phi) is 6.21. The number of amides is 2. The first-order chi connectivity index (χ1) is 14.5. The third-order valence-corrected chi connectivity index (χ3v) is 6.66. The van der Waals surface area contributed by atoms with E-state index >= 15 is 0 Å². The highest BCUT2D eigenvalue weighted by Gasteiger charge is 2.51. The van der Waals surface area contributed by atoms with E-state index in [9.17, 15) is 14.4 Å². The van der Waals surface area contributed by atoms with Crippen LogP contribution in [0.4, 0.5) is 0 Å². The zero-order valence-corrected chi connectivity index (χ0v) is 17.3. The van der Waals surface area contributed by atoms with E-state index in [1.807, 2.05) is 30.3 Å². The summed E-state index contributed by atoms with van der Waals surface area (Å²) < 4.78 is 5.11. The van der Waals surface area contributed by atoms with Gasteiger partial charge in [-0.15, -0.1) is 0 Å². The fourth-order valence-corrected chi connectivity index (χ4v) is 5.90. The average Bonchev–Trinajstić information content (AvgIpc) is 2.70. The molecule has 6 nitrogen and oxygen atoms in total. The number of rotatable bonds is 8. The van der Waals surface area contributed by atoms with E-state index in [2.05, 4.69) is 10.6 Å². The van der Waals surface area contributed by atoms with Crippen LogP contribution in [0.5, 0.6) is 0 Å². The van der Waals surface area contributed by atoms with Crippen LogP contribution in [-0.4, -0.2) is 36.5 Å². The summed E-state index contributed by atoms with van der Waals surface area (Å²) in [6.45, 7) is -0.0736. The number of benzene rings is 1. The fraction of sp³-hybridized carbons (Fsp3) is 0.542. The molecule has 160 valence electrons. The number of esters is 1. The first-order valence-corrected chi connectivity index (χ1v) is 11.0. The third-order valence-electron chi connectivity index (χ3n) is 6.66. The van der Waals surface area contributed by atoms with Gasteiger partial charge >= 0.3 is 5.97 Å². The zero-order valence-electron chi connectivity index (χ0n) is 17.3. The number of hydrogen-bond acceptors (Lipinski definition) is 4. The van der Waals surface area contributed by atoms with Gasteiger partial charge in [-0.05, 0) is 67.9 Å². The number of carbonyl (C=O) groups excluding carboxylic acids is 3. The second kappa shape index (κ2) is 9.02. The minimum atomic E-state index is -0.483. The normalized spacial score (nSPS) is 29.0. The summed E-state index contributed by atoms with van der Waals surface area (Å²) in [7, 11) is 0. The van der Waals surface area contributed by atoms with Crippen LogP contribution in [0.15, 0.2) is 36.4 Å². The lowest BCUT2D eigenvalue weighted by molar-refractivity contribution is -0.150. The van der Waals surface area contributed by atoms with E-state index in [-0.39, 0.29) is 36.9 Å². The van der Waals surface area contributed by atoms with Gasteiger partial charge in [-0.2, -0.15) is 0 Å². The maximum atomic E-state index is 12.4. The largest absolute Gasteiger partial charge is 0.456 e. The van der Waals surface area contributed by atoms with Gasteiger partial charge in [0.05, 0.1) is 6.42 Å². The monoisotopic (exact) mass is 410 g/mol. The Hall–Kier alpha value is -2.63. The lowest BCUT2D eigenvalue weighted by Gasteiger charge is -2.56. The van der Waals surface area contributed by atoms with Crippen LogP contribution in [0.1, 0.15) is 50.5 Å². The molecule has 0 saturated heterocycles. The van der Waals surface area contributed by atoms with Crippen LogP contribution in [0.25, 0.3) is 6.08 Å². The number of hydrogen-bond donors (Lipinski definition) is 2. The second-order valence-corrected chi connectivity index (χ2v) is 9.19. The quantitative estimate of drug-likeness (QED) is 0.510. The highest BCUT2D eigenvalue weighted by Crippen LogP contribution is 2.55. The second-order valence-electron chi connectivity index (χ2n) is 9.19. The molecule has 0 atom stereocenters. The minimum Gasteiger partial charge on any atom is -0.456 e. The number of carbonyl (C=O) groups is 3. The van der Waals surface area contributed by atoms with E-state index in [4.69, 9.17) is 4.74 Å². The van der Waals surface area contributed by atoms with Gasteiger partial charge < -0.3 is 15.4 Å². The Morgan fingerprint density at radius 1 is 1.00 bits per heavy atom. The van der Waals surface area contributed by atoms with Crippen molar-refractivity contribution in [2.45, 2.75) is 50.5 Å². The van der Waals surface area contributed by atoms with Crippen molar-refractivity contribution < 1.29 is 19.1 Å². The summed E-state index contributed by atoms with van der Waals surface area (Å²) in [5, 5.41) is 5.84. The molecule has 4 bridgehead atoms. The molecule has 0 unspecified atom stereocenters. The molecule has 4 saturated carbocycles. The van der Waals surface area contributed by atoms with Crippen molar-refractivity contribution in [2.75, 3.05) is 13.2 Å². The molecule has 4 aliphatic carbocycles. The van der Waals surface area contributed by atoms with Crippen molar-refractivity contribution in [1.82, 2.24) is 10.6 Å². The predicted octanol–water partition coefficient (Wildman–Crippen LogP) is 2.83. The molecular formula is C24H30N2O4. The summed E-state index contributed by atoms with van der Waals surface area (Å²) in [4.78, 5) is 36.1. The Labute approximate surface area is 177 Å². The molecule has 0 heterocycles. The van der Waals surface area contributed by atoms with Crippen molar-refractivity contribution in [3.8, 4) is 0 Å². The summed E-state index contributed by atoms with van der Waals surface area (Å²) in [5.74, 6) is 1.28. The molecule has 4 aliphatic rings. The van der Waals surface area contributed by atoms with Crippen LogP contribution in [0, 0.1) is 17.8 Å². The molecule has 0 spiro atoms. The van der Waals surface area contributed by atoms with Gasteiger partial charge in [-0.3, -0.25) is 14.4 Å². The number of nitrogens with one attached hydrogen (secondary N) is 2. The van der Waals surface area contributed by atoms with Gasteiger partial charge in [0.15, 0.2) is 6.61 Å². The van der Waals surface area contributed by atoms with Crippen LogP contribution in [0.2, 0.25) is 0 Å². The van der Waals surface area contributed by atoms with Gasteiger partial charge in [-0.25, -0.2) is 0 Å². The highest BCUT2D eigenvalue weighted by molar-refractivity contribution is 5.91.